The normalized spacial score (nSPS) is 13.4. The Morgan fingerprint density at radius 3 is 2.50 bits per heavy atom. The first-order valence-corrected chi connectivity index (χ1v) is 5.82. The summed E-state index contributed by atoms with van der Waals surface area (Å²) in [6.07, 6.45) is 0.334. The van der Waals surface area contributed by atoms with Gasteiger partial charge in [-0.3, -0.25) is 10.1 Å². The van der Waals surface area contributed by atoms with E-state index >= 15 is 0 Å². The highest BCUT2D eigenvalue weighted by Crippen LogP contribution is 2.24. The van der Waals surface area contributed by atoms with Crippen molar-refractivity contribution in [1.82, 2.24) is 0 Å². The van der Waals surface area contributed by atoms with Gasteiger partial charge in [0.2, 0.25) is 0 Å². The molecule has 100 valence electrons. The molecule has 0 spiro atoms. The number of halogens is 1. The van der Waals surface area contributed by atoms with Gasteiger partial charge in [0.25, 0.3) is 5.69 Å². The summed E-state index contributed by atoms with van der Waals surface area (Å²) in [7, 11) is 0. The molecular weight excluding hydrogens is 237 g/mol. The van der Waals surface area contributed by atoms with Crippen molar-refractivity contribution in [3.63, 3.8) is 0 Å². The van der Waals surface area contributed by atoms with Gasteiger partial charge >= 0.3 is 0 Å². The zero-order valence-corrected chi connectivity index (χ0v) is 10.8. The molecule has 18 heavy (non-hydrogen) atoms. The van der Waals surface area contributed by atoms with Crippen molar-refractivity contribution >= 4 is 5.69 Å². The van der Waals surface area contributed by atoms with Crippen molar-refractivity contribution < 1.29 is 14.4 Å². The number of nitrogens with zero attached hydrogens (tertiary/aromatic N) is 1. The van der Waals surface area contributed by atoms with E-state index in [0.717, 1.165) is 6.07 Å². The molecule has 0 aromatic heterocycles. The number of non-ortho nitro benzene ring substituents is 1. The fourth-order valence-electron chi connectivity index (χ4n) is 1.62. The van der Waals surface area contributed by atoms with E-state index in [4.69, 9.17) is 0 Å². The number of aryl methyl sites for hydroxylation is 1. The maximum Gasteiger partial charge on any atom is 0.272 e. The van der Waals surface area contributed by atoms with Crippen molar-refractivity contribution in [1.29, 1.82) is 0 Å². The second-order valence-electron chi connectivity index (χ2n) is 5.50. The Hall–Kier alpha value is -1.49. The van der Waals surface area contributed by atoms with Crippen LogP contribution < -0.4 is 0 Å². The van der Waals surface area contributed by atoms with Gasteiger partial charge in [0, 0.05) is 6.07 Å². The average Bonchev–Trinajstić information content (AvgIpc) is 2.23. The molecule has 1 N–H and O–H groups in total. The van der Waals surface area contributed by atoms with Gasteiger partial charge in [0.15, 0.2) is 0 Å². The van der Waals surface area contributed by atoms with E-state index in [1.165, 1.54) is 12.1 Å². The van der Waals surface area contributed by atoms with Gasteiger partial charge in [-0.1, -0.05) is 20.8 Å². The lowest BCUT2D eigenvalue weighted by Gasteiger charge is -2.25. The van der Waals surface area contributed by atoms with E-state index in [1.54, 1.807) is 0 Å². The molecule has 0 amide bonds. The summed E-state index contributed by atoms with van der Waals surface area (Å²) in [5, 5.41) is 20.5. The Morgan fingerprint density at radius 1 is 1.39 bits per heavy atom. The number of nitro benzene ring substituents is 1. The summed E-state index contributed by atoms with van der Waals surface area (Å²) < 4.78 is 13.2. The van der Waals surface area contributed by atoms with Crippen LogP contribution in [0.5, 0.6) is 0 Å². The van der Waals surface area contributed by atoms with Crippen molar-refractivity contribution in [3.8, 4) is 0 Å². The maximum absolute atomic E-state index is 13.2. The Bertz CT molecular complexity index is 440. The van der Waals surface area contributed by atoms with Crippen LogP contribution in [0.25, 0.3) is 0 Å². The van der Waals surface area contributed by atoms with Crippen LogP contribution in [0.15, 0.2) is 18.2 Å². The number of aliphatic hydroxyl groups is 1. The number of aliphatic hydroxyl groups excluding tert-OH is 1. The highest BCUT2D eigenvalue weighted by molar-refractivity contribution is 5.35. The number of rotatable bonds is 4. The standard InChI is InChI=1S/C13H18FNO3/c1-13(2,3)12(16)5-4-9-6-10(14)8-11(7-9)15(17)18/h6-8,12,16H,4-5H2,1-3H3. The molecule has 0 bridgehead atoms. The first kappa shape index (κ1) is 14.6. The molecule has 4 nitrogen and oxygen atoms in total. The third kappa shape index (κ3) is 4.07. The fourth-order valence-corrected chi connectivity index (χ4v) is 1.62. The molecule has 0 saturated heterocycles. The zero-order chi connectivity index (χ0) is 13.9. The first-order valence-electron chi connectivity index (χ1n) is 5.82. The minimum Gasteiger partial charge on any atom is -0.393 e. The van der Waals surface area contributed by atoms with Gasteiger partial charge in [-0.15, -0.1) is 0 Å². The second kappa shape index (κ2) is 5.44. The molecule has 0 saturated carbocycles. The quantitative estimate of drug-likeness (QED) is 0.664. The van der Waals surface area contributed by atoms with Gasteiger partial charge in [0.05, 0.1) is 17.1 Å². The SMILES string of the molecule is CC(C)(C)C(O)CCc1cc(F)cc([N+](=O)[O-])c1. The number of hydrogen-bond acceptors (Lipinski definition) is 3. The van der Waals surface area contributed by atoms with E-state index in [-0.39, 0.29) is 11.1 Å². The lowest BCUT2D eigenvalue weighted by molar-refractivity contribution is -0.385. The van der Waals surface area contributed by atoms with Gasteiger partial charge in [-0.05, 0) is 29.9 Å². The minimum atomic E-state index is -0.621. The summed E-state index contributed by atoms with van der Waals surface area (Å²) >= 11 is 0. The summed E-state index contributed by atoms with van der Waals surface area (Å²) in [6.45, 7) is 5.73. The second-order valence-corrected chi connectivity index (χ2v) is 5.50. The van der Waals surface area contributed by atoms with E-state index < -0.39 is 16.8 Å². The van der Waals surface area contributed by atoms with Crippen LogP contribution in [0.3, 0.4) is 0 Å². The van der Waals surface area contributed by atoms with Crippen LogP contribution in [0, 0.1) is 21.3 Å². The molecule has 1 rings (SSSR count). The molecule has 0 radical (unpaired) electrons. The van der Waals surface area contributed by atoms with Crippen LogP contribution in [-0.4, -0.2) is 16.1 Å². The number of nitro groups is 1. The lowest BCUT2D eigenvalue weighted by Crippen LogP contribution is -2.26. The largest absolute Gasteiger partial charge is 0.393 e. The van der Waals surface area contributed by atoms with Gasteiger partial charge in [-0.25, -0.2) is 4.39 Å². The predicted molar refractivity (Wildman–Crippen MR) is 66.8 cm³/mol. The van der Waals surface area contributed by atoms with E-state index in [2.05, 4.69) is 0 Å². The molecular formula is C13H18FNO3. The zero-order valence-electron chi connectivity index (χ0n) is 10.8. The van der Waals surface area contributed by atoms with E-state index in [9.17, 15) is 19.6 Å². The summed E-state index contributed by atoms with van der Waals surface area (Å²) in [6, 6.07) is 3.50. The third-order valence-corrected chi connectivity index (χ3v) is 2.86. The number of benzene rings is 1. The molecule has 1 aromatic rings. The molecule has 1 atom stereocenters. The lowest BCUT2D eigenvalue weighted by atomic mass is 9.86. The topological polar surface area (TPSA) is 63.4 Å². The Morgan fingerprint density at radius 2 is 2.00 bits per heavy atom. The summed E-state index contributed by atoms with van der Waals surface area (Å²) in [5.41, 5.74) is 0.0273. The molecule has 5 heteroatoms. The first-order chi connectivity index (χ1) is 8.20. The van der Waals surface area contributed by atoms with Crippen LogP contribution in [0.2, 0.25) is 0 Å². The van der Waals surface area contributed by atoms with Crippen LogP contribution in [0.1, 0.15) is 32.8 Å². The predicted octanol–water partition coefficient (Wildman–Crippen LogP) is 3.07. The molecule has 0 aliphatic rings. The van der Waals surface area contributed by atoms with Crippen LogP contribution in [0.4, 0.5) is 10.1 Å². The monoisotopic (exact) mass is 255 g/mol. The maximum atomic E-state index is 13.2. The van der Waals surface area contributed by atoms with Crippen LogP contribution in [-0.2, 0) is 6.42 Å². The van der Waals surface area contributed by atoms with Gasteiger partial charge in [-0.2, -0.15) is 0 Å². The fraction of sp³-hybridized carbons (Fsp3) is 0.538. The highest BCUT2D eigenvalue weighted by atomic mass is 19.1. The molecule has 1 unspecified atom stereocenters. The van der Waals surface area contributed by atoms with Gasteiger partial charge < -0.3 is 5.11 Å². The average molecular weight is 255 g/mol. The Labute approximate surface area is 106 Å². The summed E-state index contributed by atoms with van der Waals surface area (Å²) in [5.74, 6) is -0.621. The van der Waals surface area contributed by atoms with Crippen molar-refractivity contribution in [3.05, 3.63) is 39.7 Å². The molecule has 0 aliphatic carbocycles. The Kier molecular flexibility index (Phi) is 4.40. The summed E-state index contributed by atoms with van der Waals surface area (Å²) in [4.78, 5) is 9.97. The number of hydrogen-bond donors (Lipinski definition) is 1. The van der Waals surface area contributed by atoms with E-state index in [1.807, 2.05) is 20.8 Å². The molecule has 0 aliphatic heterocycles. The molecule has 1 aromatic carbocycles. The highest BCUT2D eigenvalue weighted by Gasteiger charge is 2.22. The smallest absolute Gasteiger partial charge is 0.272 e. The van der Waals surface area contributed by atoms with Gasteiger partial charge in [0.1, 0.15) is 5.82 Å². The van der Waals surface area contributed by atoms with Crippen LogP contribution >= 0.6 is 0 Å². The van der Waals surface area contributed by atoms with Crippen molar-refractivity contribution in [2.24, 2.45) is 5.41 Å². The third-order valence-electron chi connectivity index (χ3n) is 2.86. The Balaban J connectivity index is 2.77. The molecule has 0 fully saturated rings. The van der Waals surface area contributed by atoms with Crippen molar-refractivity contribution in [2.45, 2.75) is 39.7 Å². The minimum absolute atomic E-state index is 0.251. The molecule has 0 heterocycles. The van der Waals surface area contributed by atoms with E-state index in [0.29, 0.717) is 18.4 Å². The van der Waals surface area contributed by atoms with Crippen molar-refractivity contribution in [2.75, 3.05) is 0 Å².